The maximum Gasteiger partial charge on any atom is 0.337 e. The van der Waals surface area contributed by atoms with Gasteiger partial charge in [0.25, 0.3) is 0 Å². The van der Waals surface area contributed by atoms with Crippen molar-refractivity contribution in [1.82, 2.24) is 18.9 Å². The van der Waals surface area contributed by atoms with Crippen LogP contribution in [0.2, 0.25) is 0 Å². The van der Waals surface area contributed by atoms with E-state index >= 15 is 0 Å². The van der Waals surface area contributed by atoms with E-state index in [1.807, 2.05) is 34.9 Å². The van der Waals surface area contributed by atoms with Crippen LogP contribution in [0, 0.1) is 0 Å². The van der Waals surface area contributed by atoms with Gasteiger partial charge in [-0.05, 0) is 85.0 Å². The van der Waals surface area contributed by atoms with Crippen molar-refractivity contribution in [2.24, 2.45) is 0 Å². The number of nitrogens with zero attached hydrogens (tertiary/aromatic N) is 6. The average Bonchev–Trinajstić information content (AvgIpc) is 3.83. The number of para-hydroxylation sites is 2. The number of aromatic nitrogens is 2. The second kappa shape index (κ2) is 22.6. The molecule has 0 bridgehead atoms. The molecule has 0 unspecified atom stereocenters. The lowest BCUT2D eigenvalue weighted by Gasteiger charge is -2.31. The molecule has 12 rings (SSSR count). The van der Waals surface area contributed by atoms with E-state index in [0.717, 1.165) is 75.1 Å². The fourth-order valence-corrected chi connectivity index (χ4v) is 14.9. The molecular weight excluding hydrogens is 949 g/mol. The predicted octanol–water partition coefficient (Wildman–Crippen LogP) is 11.5. The highest BCUT2D eigenvalue weighted by molar-refractivity contribution is 7.99. The van der Waals surface area contributed by atoms with Crippen LogP contribution in [0.5, 0.6) is 0 Å². The van der Waals surface area contributed by atoms with E-state index < -0.39 is 0 Å². The summed E-state index contributed by atoms with van der Waals surface area (Å²) in [6, 6.07) is 29.9. The second-order valence-corrected chi connectivity index (χ2v) is 23.3. The standard InChI is InChI=1S/C30H35N3O3S.C30H37N3O2S/c1-36-30(35)22-11-12-23-26(19-22)33-14-13-32(20-27(34)31-15-17-37-18-16-31)25-10-6-5-9-24(25)29(33)28(23)21-7-3-2-4-8-21;1-35-30(34)23-11-12-24-27(21-23)33-16-15-32(14-13-31-17-19-36-20-18-31)26-10-6-5-9-25(26)29(33)28(24)22-7-3-2-4-8-22/h5-6,9-12,19,21H,2-4,7-8,13-18,20H2,1H3;5-6,9-12,21-22H,2-4,7-8,13-20H2,1H3. The van der Waals surface area contributed by atoms with Gasteiger partial charge in [0.15, 0.2) is 0 Å². The van der Waals surface area contributed by atoms with Crippen LogP contribution in [0.3, 0.4) is 0 Å². The van der Waals surface area contributed by atoms with Crippen LogP contribution in [0.1, 0.15) is 108 Å². The number of fused-ring (bicyclic) bond motifs is 10. The van der Waals surface area contributed by atoms with Crippen molar-refractivity contribution < 1.29 is 23.9 Å². The van der Waals surface area contributed by atoms with Crippen LogP contribution in [0.4, 0.5) is 11.4 Å². The van der Waals surface area contributed by atoms with E-state index in [9.17, 15) is 14.4 Å². The second-order valence-electron chi connectivity index (χ2n) is 20.8. The van der Waals surface area contributed by atoms with Gasteiger partial charge < -0.3 is 33.3 Å². The normalized spacial score (nSPS) is 18.7. The fourth-order valence-electron chi connectivity index (χ4n) is 13.0. The number of carbonyl (C=O) groups excluding carboxylic acids is 3. The fraction of sp³-hybridized carbons (Fsp3) is 0.483. The minimum atomic E-state index is -0.308. The number of anilines is 2. The number of amides is 1. The van der Waals surface area contributed by atoms with E-state index in [1.54, 1.807) is 0 Å². The SMILES string of the molecule is COC(=O)c1ccc2c(C3CCCCC3)c3n(c2c1)CCN(CC(=O)N1CCSCC1)c1ccccc1-3.COC(=O)c1ccc2c(C3CCCCC3)c3n(c2c1)CCN(CCN1CCSCC1)c1ccccc1-3. The summed E-state index contributed by atoms with van der Waals surface area (Å²) in [6.07, 6.45) is 12.7. The topological polar surface area (TPSA) is 92.5 Å². The first-order chi connectivity index (χ1) is 35.9. The highest BCUT2D eigenvalue weighted by atomic mass is 32.2. The molecule has 0 radical (unpaired) electrons. The molecule has 73 heavy (non-hydrogen) atoms. The number of ether oxygens (including phenoxy) is 2. The molecule has 6 heterocycles. The number of hydrogen-bond donors (Lipinski definition) is 0. The van der Waals surface area contributed by atoms with E-state index in [0.29, 0.717) is 29.5 Å². The van der Waals surface area contributed by atoms with Crippen molar-refractivity contribution >= 4 is 74.6 Å². The van der Waals surface area contributed by atoms with Crippen LogP contribution in [-0.2, 0) is 27.4 Å². The molecular formula is C60H72N6O5S2. The van der Waals surface area contributed by atoms with Crippen molar-refractivity contribution in [2.45, 2.75) is 89.1 Å². The minimum absolute atomic E-state index is 0.215. The molecule has 6 aromatic rings. The molecule has 0 N–H and O–H groups in total. The first kappa shape index (κ1) is 49.8. The molecule has 4 aromatic carbocycles. The summed E-state index contributed by atoms with van der Waals surface area (Å²) in [5.41, 5.74) is 14.1. The lowest BCUT2D eigenvalue weighted by atomic mass is 9.81. The predicted molar refractivity (Wildman–Crippen MR) is 301 cm³/mol. The largest absolute Gasteiger partial charge is 0.465 e. The summed E-state index contributed by atoms with van der Waals surface area (Å²) in [4.78, 5) is 47.7. The Kier molecular flexibility index (Phi) is 15.4. The van der Waals surface area contributed by atoms with Crippen molar-refractivity contribution in [2.75, 3.05) is 106 Å². The summed E-state index contributed by atoms with van der Waals surface area (Å²) in [5, 5.41) is 2.57. The Balaban J connectivity index is 0.000000157. The Labute approximate surface area is 439 Å². The summed E-state index contributed by atoms with van der Waals surface area (Å²) in [5.74, 6) is 5.27. The molecule has 4 fully saturated rings. The van der Waals surface area contributed by atoms with Crippen molar-refractivity contribution in [1.29, 1.82) is 0 Å². The van der Waals surface area contributed by atoms with Crippen LogP contribution in [0.15, 0.2) is 84.9 Å². The van der Waals surface area contributed by atoms with Gasteiger partial charge in [0, 0.05) is 133 Å². The lowest BCUT2D eigenvalue weighted by molar-refractivity contribution is -0.129. The molecule has 2 saturated heterocycles. The van der Waals surface area contributed by atoms with E-state index in [2.05, 4.69) is 102 Å². The zero-order chi connectivity index (χ0) is 49.8. The van der Waals surface area contributed by atoms with Gasteiger partial charge in [-0.15, -0.1) is 0 Å². The molecule has 6 aliphatic rings. The van der Waals surface area contributed by atoms with Crippen LogP contribution in [0.25, 0.3) is 44.3 Å². The number of carbonyl (C=O) groups is 3. The average molecular weight is 1020 g/mol. The Hall–Kier alpha value is -5.37. The van der Waals surface area contributed by atoms with E-state index in [1.165, 1.54) is 159 Å². The number of rotatable bonds is 9. The summed E-state index contributed by atoms with van der Waals surface area (Å²) < 4.78 is 15.1. The quantitative estimate of drug-likeness (QED) is 0.130. The number of hydrogen-bond acceptors (Lipinski definition) is 10. The van der Waals surface area contributed by atoms with E-state index in [-0.39, 0.29) is 17.8 Å². The molecule has 1 amide bonds. The molecule has 13 heteroatoms. The molecule has 4 aliphatic heterocycles. The van der Waals surface area contributed by atoms with Gasteiger partial charge in [0.1, 0.15) is 0 Å². The first-order valence-electron chi connectivity index (χ1n) is 27.2. The number of thioether (sulfide) groups is 2. The summed E-state index contributed by atoms with van der Waals surface area (Å²) in [6.45, 7) is 10.1. The van der Waals surface area contributed by atoms with Crippen LogP contribution >= 0.6 is 23.5 Å². The molecule has 2 aromatic heterocycles. The Bertz CT molecular complexity index is 2960. The third kappa shape index (κ3) is 10.1. The van der Waals surface area contributed by atoms with Gasteiger partial charge in [-0.3, -0.25) is 9.69 Å². The number of benzene rings is 4. The maximum absolute atomic E-state index is 13.3. The highest BCUT2D eigenvalue weighted by Gasteiger charge is 2.34. The highest BCUT2D eigenvalue weighted by Crippen LogP contribution is 2.49. The summed E-state index contributed by atoms with van der Waals surface area (Å²) in [7, 11) is 2.90. The molecule has 2 aliphatic carbocycles. The van der Waals surface area contributed by atoms with Crippen molar-refractivity contribution in [3.63, 3.8) is 0 Å². The molecule has 384 valence electrons. The van der Waals surface area contributed by atoms with Crippen LogP contribution in [-0.4, -0.2) is 133 Å². The molecule has 11 nitrogen and oxygen atoms in total. The van der Waals surface area contributed by atoms with Gasteiger partial charge in [0.2, 0.25) is 5.91 Å². The van der Waals surface area contributed by atoms with Crippen LogP contribution < -0.4 is 9.80 Å². The van der Waals surface area contributed by atoms with Gasteiger partial charge in [-0.25, -0.2) is 9.59 Å². The Morgan fingerprint density at radius 3 is 1.49 bits per heavy atom. The van der Waals surface area contributed by atoms with Gasteiger partial charge >= 0.3 is 11.9 Å². The number of esters is 2. The van der Waals surface area contributed by atoms with Crippen molar-refractivity contribution in [3.05, 3.63) is 107 Å². The molecule has 0 atom stereocenters. The third-order valence-corrected chi connectivity index (χ3v) is 18.6. The monoisotopic (exact) mass is 1020 g/mol. The first-order valence-corrected chi connectivity index (χ1v) is 29.5. The van der Waals surface area contributed by atoms with Crippen molar-refractivity contribution in [3.8, 4) is 22.5 Å². The van der Waals surface area contributed by atoms with Gasteiger partial charge in [-0.1, -0.05) is 87.1 Å². The smallest absolute Gasteiger partial charge is 0.337 e. The van der Waals surface area contributed by atoms with E-state index in [4.69, 9.17) is 9.47 Å². The zero-order valence-corrected chi connectivity index (χ0v) is 44.6. The van der Waals surface area contributed by atoms with Gasteiger partial charge in [-0.2, -0.15) is 23.5 Å². The lowest BCUT2D eigenvalue weighted by Crippen LogP contribution is -2.44. The summed E-state index contributed by atoms with van der Waals surface area (Å²) >= 11 is 4.00. The Morgan fingerprint density at radius 2 is 0.986 bits per heavy atom. The zero-order valence-electron chi connectivity index (χ0n) is 43.0. The minimum Gasteiger partial charge on any atom is -0.465 e. The number of methoxy groups -OCH3 is 2. The Morgan fingerprint density at radius 1 is 0.521 bits per heavy atom. The molecule has 0 spiro atoms. The molecule has 2 saturated carbocycles. The third-order valence-electron chi connectivity index (χ3n) is 16.7. The van der Waals surface area contributed by atoms with Gasteiger partial charge in [0.05, 0.1) is 43.3 Å². The maximum atomic E-state index is 13.3.